The lowest BCUT2D eigenvalue weighted by atomic mass is 10.0. The molecule has 6 aromatic rings. The topological polar surface area (TPSA) is 4.93 Å². The standard InChI is InChI=1S/C30H20BrN/c31-25-11-7-10-22(18-25)24-14-16-27-28-19-23(21-8-3-1-4-9-21)15-17-29(28)32(30(27)20-24)26-12-5-2-6-13-26/h1-20H. The van der Waals surface area contributed by atoms with Gasteiger partial charge in [-0.1, -0.05) is 94.8 Å². The summed E-state index contributed by atoms with van der Waals surface area (Å²) in [5.41, 5.74) is 8.50. The first-order valence-electron chi connectivity index (χ1n) is 10.7. The quantitative estimate of drug-likeness (QED) is 0.241. The molecule has 0 spiro atoms. The molecule has 0 amide bonds. The maximum Gasteiger partial charge on any atom is 0.0547 e. The highest BCUT2D eigenvalue weighted by atomic mass is 79.9. The summed E-state index contributed by atoms with van der Waals surface area (Å²) < 4.78 is 3.46. The molecule has 0 bridgehead atoms. The minimum Gasteiger partial charge on any atom is -0.309 e. The van der Waals surface area contributed by atoms with Gasteiger partial charge in [-0.2, -0.15) is 0 Å². The minimum atomic E-state index is 1.09. The summed E-state index contributed by atoms with van der Waals surface area (Å²) in [6.45, 7) is 0. The number of para-hydroxylation sites is 1. The molecule has 0 unspecified atom stereocenters. The Bertz CT molecular complexity index is 1560. The van der Waals surface area contributed by atoms with Crippen LogP contribution in [-0.2, 0) is 0 Å². The molecule has 0 N–H and O–H groups in total. The van der Waals surface area contributed by atoms with Crippen LogP contribution < -0.4 is 0 Å². The Morgan fingerprint density at radius 2 is 1.09 bits per heavy atom. The molecule has 32 heavy (non-hydrogen) atoms. The number of halogens is 1. The van der Waals surface area contributed by atoms with Crippen LogP contribution in [0.3, 0.4) is 0 Å². The van der Waals surface area contributed by atoms with Crippen LogP contribution in [0.1, 0.15) is 0 Å². The molecule has 0 aliphatic rings. The van der Waals surface area contributed by atoms with Gasteiger partial charge in [0.2, 0.25) is 0 Å². The Morgan fingerprint density at radius 3 is 1.88 bits per heavy atom. The Kier molecular flexibility index (Phi) is 4.66. The molecule has 5 aromatic carbocycles. The van der Waals surface area contributed by atoms with E-state index < -0.39 is 0 Å². The Labute approximate surface area is 195 Å². The van der Waals surface area contributed by atoms with E-state index in [0.717, 1.165) is 4.47 Å². The number of hydrogen-bond donors (Lipinski definition) is 0. The van der Waals surface area contributed by atoms with E-state index in [4.69, 9.17) is 0 Å². The molecule has 6 rings (SSSR count). The third kappa shape index (κ3) is 3.24. The lowest BCUT2D eigenvalue weighted by molar-refractivity contribution is 1.18. The smallest absolute Gasteiger partial charge is 0.0547 e. The van der Waals surface area contributed by atoms with Gasteiger partial charge in [-0.05, 0) is 64.7 Å². The predicted octanol–water partition coefficient (Wildman–Crippen LogP) is 8.88. The summed E-state index contributed by atoms with van der Waals surface area (Å²) in [5, 5.41) is 2.53. The van der Waals surface area contributed by atoms with Crippen molar-refractivity contribution in [1.82, 2.24) is 4.57 Å². The summed E-state index contributed by atoms with van der Waals surface area (Å²) in [6, 6.07) is 43.3. The highest BCUT2D eigenvalue weighted by molar-refractivity contribution is 9.10. The Morgan fingerprint density at radius 1 is 0.438 bits per heavy atom. The fourth-order valence-electron chi connectivity index (χ4n) is 4.53. The van der Waals surface area contributed by atoms with E-state index >= 15 is 0 Å². The second-order valence-corrected chi connectivity index (χ2v) is 8.93. The van der Waals surface area contributed by atoms with Gasteiger partial charge in [-0.25, -0.2) is 0 Å². The van der Waals surface area contributed by atoms with Gasteiger partial charge in [0.15, 0.2) is 0 Å². The fourth-order valence-corrected chi connectivity index (χ4v) is 4.93. The molecule has 0 radical (unpaired) electrons. The van der Waals surface area contributed by atoms with Crippen molar-refractivity contribution in [2.45, 2.75) is 0 Å². The second kappa shape index (κ2) is 7.81. The van der Waals surface area contributed by atoms with Crippen LogP contribution in [-0.4, -0.2) is 4.57 Å². The molecule has 0 aliphatic carbocycles. The van der Waals surface area contributed by atoms with Crippen molar-refractivity contribution in [3.63, 3.8) is 0 Å². The number of nitrogens with zero attached hydrogens (tertiary/aromatic N) is 1. The predicted molar refractivity (Wildman–Crippen MR) is 139 cm³/mol. The molecule has 0 saturated carbocycles. The third-order valence-corrected chi connectivity index (χ3v) is 6.54. The number of aromatic nitrogens is 1. The summed E-state index contributed by atoms with van der Waals surface area (Å²) in [6.07, 6.45) is 0. The lowest BCUT2D eigenvalue weighted by Crippen LogP contribution is -1.93. The van der Waals surface area contributed by atoms with E-state index in [9.17, 15) is 0 Å². The maximum atomic E-state index is 3.61. The zero-order valence-corrected chi connectivity index (χ0v) is 19.0. The van der Waals surface area contributed by atoms with Gasteiger partial charge < -0.3 is 4.57 Å². The van der Waals surface area contributed by atoms with Crippen LogP contribution in [0.15, 0.2) is 126 Å². The summed E-state index contributed by atoms with van der Waals surface area (Å²) in [5.74, 6) is 0. The first-order chi connectivity index (χ1) is 15.8. The Balaban J connectivity index is 1.66. The molecule has 1 heterocycles. The van der Waals surface area contributed by atoms with Crippen molar-refractivity contribution in [3.05, 3.63) is 126 Å². The van der Waals surface area contributed by atoms with Gasteiger partial charge >= 0.3 is 0 Å². The van der Waals surface area contributed by atoms with Gasteiger partial charge in [0, 0.05) is 20.9 Å². The number of fused-ring (bicyclic) bond motifs is 3. The lowest BCUT2D eigenvalue weighted by Gasteiger charge is -2.09. The number of rotatable bonds is 3. The van der Waals surface area contributed by atoms with Crippen LogP contribution in [0, 0.1) is 0 Å². The second-order valence-electron chi connectivity index (χ2n) is 8.01. The zero-order chi connectivity index (χ0) is 21.5. The molecule has 0 saturated heterocycles. The summed E-state index contributed by atoms with van der Waals surface area (Å²) in [7, 11) is 0. The monoisotopic (exact) mass is 473 g/mol. The van der Waals surface area contributed by atoms with Crippen molar-refractivity contribution in [1.29, 1.82) is 0 Å². The van der Waals surface area contributed by atoms with Crippen LogP contribution in [0.25, 0.3) is 49.7 Å². The molecule has 0 aliphatic heterocycles. The highest BCUT2D eigenvalue weighted by Gasteiger charge is 2.14. The molecule has 0 fully saturated rings. The minimum absolute atomic E-state index is 1.09. The van der Waals surface area contributed by atoms with E-state index in [-0.39, 0.29) is 0 Å². The molecule has 2 heteroatoms. The largest absolute Gasteiger partial charge is 0.309 e. The summed E-state index contributed by atoms with van der Waals surface area (Å²) in [4.78, 5) is 0. The maximum absolute atomic E-state index is 3.61. The van der Waals surface area contributed by atoms with Crippen LogP contribution in [0.2, 0.25) is 0 Å². The van der Waals surface area contributed by atoms with Gasteiger partial charge in [0.05, 0.1) is 11.0 Å². The number of hydrogen-bond acceptors (Lipinski definition) is 0. The SMILES string of the molecule is Brc1cccc(-c2ccc3c4cc(-c5ccccc5)ccc4n(-c4ccccc4)c3c2)c1. The van der Waals surface area contributed by atoms with Gasteiger partial charge in [-0.15, -0.1) is 0 Å². The van der Waals surface area contributed by atoms with E-state index in [2.05, 4.69) is 142 Å². The molecular formula is C30H20BrN. The highest BCUT2D eigenvalue weighted by Crippen LogP contribution is 2.37. The fraction of sp³-hybridized carbons (Fsp3) is 0. The van der Waals surface area contributed by atoms with E-state index in [1.54, 1.807) is 0 Å². The van der Waals surface area contributed by atoms with Gasteiger partial charge in [-0.3, -0.25) is 0 Å². The van der Waals surface area contributed by atoms with Crippen molar-refractivity contribution in [2.24, 2.45) is 0 Å². The normalized spacial score (nSPS) is 11.3. The van der Waals surface area contributed by atoms with Crippen molar-refractivity contribution < 1.29 is 0 Å². The molecule has 1 aromatic heterocycles. The molecule has 1 nitrogen and oxygen atoms in total. The van der Waals surface area contributed by atoms with E-state index in [0.29, 0.717) is 0 Å². The van der Waals surface area contributed by atoms with Crippen LogP contribution in [0.5, 0.6) is 0 Å². The molecule has 0 atom stereocenters. The van der Waals surface area contributed by atoms with E-state index in [1.807, 2.05) is 0 Å². The van der Waals surface area contributed by atoms with E-state index in [1.165, 1.54) is 49.7 Å². The average molecular weight is 474 g/mol. The zero-order valence-electron chi connectivity index (χ0n) is 17.4. The molecular weight excluding hydrogens is 454 g/mol. The number of benzene rings is 5. The van der Waals surface area contributed by atoms with Gasteiger partial charge in [0.25, 0.3) is 0 Å². The first-order valence-corrected chi connectivity index (χ1v) is 11.5. The average Bonchev–Trinajstić information content (AvgIpc) is 3.18. The van der Waals surface area contributed by atoms with Crippen molar-refractivity contribution >= 4 is 37.7 Å². The Hall–Kier alpha value is -3.62. The van der Waals surface area contributed by atoms with Gasteiger partial charge in [0.1, 0.15) is 0 Å². The molecule has 152 valence electrons. The van der Waals surface area contributed by atoms with Crippen molar-refractivity contribution in [2.75, 3.05) is 0 Å². The van der Waals surface area contributed by atoms with Crippen molar-refractivity contribution in [3.8, 4) is 27.9 Å². The van der Waals surface area contributed by atoms with Crippen LogP contribution >= 0.6 is 15.9 Å². The first kappa shape index (κ1) is 19.1. The summed E-state index contributed by atoms with van der Waals surface area (Å²) >= 11 is 3.61. The third-order valence-electron chi connectivity index (χ3n) is 6.05. The van der Waals surface area contributed by atoms with Crippen LogP contribution in [0.4, 0.5) is 0 Å².